The van der Waals surface area contributed by atoms with Gasteiger partial charge in [0, 0.05) is 36.8 Å². The average molecular weight is 516 g/mol. The van der Waals surface area contributed by atoms with Crippen LogP contribution >= 0.6 is 0 Å². The molecule has 2 saturated carbocycles. The Morgan fingerprint density at radius 1 is 0.973 bits per heavy atom. The van der Waals surface area contributed by atoms with Crippen LogP contribution in [0, 0.1) is 17.8 Å². The number of morpholine rings is 1. The van der Waals surface area contributed by atoms with Crippen molar-refractivity contribution >= 4 is 18.6 Å². The van der Waals surface area contributed by atoms with E-state index in [9.17, 15) is 4.79 Å². The number of nitrogens with zero attached hydrogens (tertiary/aromatic N) is 3. The van der Waals surface area contributed by atoms with Gasteiger partial charge in [-0.25, -0.2) is 9.98 Å². The van der Waals surface area contributed by atoms with Crippen molar-refractivity contribution in [2.45, 2.75) is 116 Å². The molecule has 0 aromatic heterocycles. The molecular weight excluding hydrogens is 462 g/mol. The van der Waals surface area contributed by atoms with Crippen LogP contribution in [0.4, 0.5) is 0 Å². The van der Waals surface area contributed by atoms with Gasteiger partial charge in [0.05, 0.1) is 19.3 Å². The highest BCUT2D eigenvalue weighted by atomic mass is 16.5. The number of ether oxygens (including phenoxy) is 1. The fraction of sp³-hybridized carbons (Fsp3) is 0.833. The molecule has 3 atom stereocenters. The third-order valence-corrected chi connectivity index (χ3v) is 8.83. The Kier molecular flexibility index (Phi) is 12.6. The normalized spacial score (nSPS) is 26.6. The first-order chi connectivity index (χ1) is 17.9. The Labute approximate surface area is 226 Å². The number of guanidine groups is 1. The van der Waals surface area contributed by atoms with E-state index < -0.39 is 0 Å². The molecule has 3 rings (SSSR count). The van der Waals surface area contributed by atoms with Gasteiger partial charge in [-0.1, -0.05) is 52.5 Å². The standard InChI is InChI=1S/C30H53N5O2/c1-22(11-12-24(3)32-29(36)23(2)21-26-9-7-6-8-10-26)25(4)33-30(31-5)34-27-13-15-28(16-14-27)35-17-19-37-20-18-35/h22-24,26-28H,4-21H2,1-3H3,(H,32,36)(H,33,34). The molecule has 210 valence electrons. The summed E-state index contributed by atoms with van der Waals surface area (Å²) in [5, 5.41) is 6.57. The first kappa shape index (κ1) is 29.8. The van der Waals surface area contributed by atoms with E-state index in [1.807, 2.05) is 0 Å². The molecule has 3 aliphatic rings. The highest BCUT2D eigenvalue weighted by molar-refractivity contribution is 5.85. The summed E-state index contributed by atoms with van der Waals surface area (Å²) in [6, 6.07) is 1.11. The monoisotopic (exact) mass is 515 g/mol. The largest absolute Gasteiger partial charge is 0.379 e. The van der Waals surface area contributed by atoms with Crippen molar-refractivity contribution in [2.75, 3.05) is 26.3 Å². The Morgan fingerprint density at radius 3 is 2.30 bits per heavy atom. The van der Waals surface area contributed by atoms with Crippen molar-refractivity contribution in [1.29, 1.82) is 0 Å². The number of rotatable bonds is 11. The zero-order valence-corrected chi connectivity index (χ0v) is 23.9. The SMILES string of the molecule is C=NC(=NC1CCC(N2CCOCC2)CC1)NC(=C)C(C)CCC(C)NC(=O)C(C)CC1CCCCC1. The first-order valence-corrected chi connectivity index (χ1v) is 15.0. The van der Waals surface area contributed by atoms with Crippen LogP contribution in [-0.4, -0.2) is 67.9 Å². The van der Waals surface area contributed by atoms with Crippen molar-refractivity contribution in [3.63, 3.8) is 0 Å². The Morgan fingerprint density at radius 2 is 1.65 bits per heavy atom. The summed E-state index contributed by atoms with van der Waals surface area (Å²) in [5.74, 6) is 1.87. The summed E-state index contributed by atoms with van der Waals surface area (Å²) in [6.45, 7) is 18.2. The van der Waals surface area contributed by atoms with Gasteiger partial charge in [0.25, 0.3) is 0 Å². The van der Waals surface area contributed by atoms with Crippen LogP contribution in [-0.2, 0) is 9.53 Å². The van der Waals surface area contributed by atoms with Gasteiger partial charge >= 0.3 is 0 Å². The van der Waals surface area contributed by atoms with Gasteiger partial charge in [0.2, 0.25) is 11.9 Å². The minimum Gasteiger partial charge on any atom is -0.379 e. The molecule has 3 unspecified atom stereocenters. The van der Waals surface area contributed by atoms with Gasteiger partial charge in [0.15, 0.2) is 0 Å². The second kappa shape index (κ2) is 15.6. The minimum atomic E-state index is 0.0981. The fourth-order valence-electron chi connectivity index (χ4n) is 6.21. The molecule has 7 heteroatoms. The number of aliphatic imine (C=N–C) groups is 2. The smallest absolute Gasteiger partial charge is 0.223 e. The molecular formula is C30H53N5O2. The number of carbonyl (C=O) groups is 1. The summed E-state index contributed by atoms with van der Waals surface area (Å²) >= 11 is 0. The van der Waals surface area contributed by atoms with Crippen molar-refractivity contribution in [2.24, 2.45) is 27.7 Å². The quantitative estimate of drug-likeness (QED) is 0.288. The predicted octanol–water partition coefficient (Wildman–Crippen LogP) is 5.32. The number of hydrogen-bond donors (Lipinski definition) is 2. The lowest BCUT2D eigenvalue weighted by atomic mass is 9.83. The third kappa shape index (κ3) is 10.2. The van der Waals surface area contributed by atoms with Crippen LogP contribution in [0.25, 0.3) is 0 Å². The van der Waals surface area contributed by atoms with Crippen molar-refractivity contribution in [3.05, 3.63) is 12.3 Å². The van der Waals surface area contributed by atoms with E-state index in [0.717, 1.165) is 70.0 Å². The molecule has 0 aromatic carbocycles. The maximum Gasteiger partial charge on any atom is 0.223 e. The topological polar surface area (TPSA) is 78.3 Å². The molecule has 1 aliphatic heterocycles. The number of nitrogens with one attached hydrogen (secondary N) is 2. The second-order valence-electron chi connectivity index (χ2n) is 11.9. The van der Waals surface area contributed by atoms with E-state index in [2.05, 4.69) is 54.6 Å². The van der Waals surface area contributed by atoms with E-state index in [-0.39, 0.29) is 23.8 Å². The molecule has 37 heavy (non-hydrogen) atoms. The number of allylic oxidation sites excluding steroid dienone is 1. The molecule has 1 saturated heterocycles. The van der Waals surface area contributed by atoms with Gasteiger partial charge < -0.3 is 15.4 Å². The summed E-state index contributed by atoms with van der Waals surface area (Å²) in [7, 11) is 0. The summed E-state index contributed by atoms with van der Waals surface area (Å²) in [5.41, 5.74) is 0.914. The number of carbonyl (C=O) groups excluding carboxylic acids is 1. The first-order valence-electron chi connectivity index (χ1n) is 15.0. The lowest BCUT2D eigenvalue weighted by Gasteiger charge is -2.38. The molecule has 1 heterocycles. The average Bonchev–Trinajstić information content (AvgIpc) is 2.92. The fourth-order valence-corrected chi connectivity index (χ4v) is 6.21. The zero-order chi connectivity index (χ0) is 26.6. The van der Waals surface area contributed by atoms with Crippen molar-refractivity contribution in [1.82, 2.24) is 15.5 Å². The highest BCUT2D eigenvalue weighted by Crippen LogP contribution is 2.29. The molecule has 1 amide bonds. The van der Waals surface area contributed by atoms with Gasteiger partial charge in [-0.3, -0.25) is 9.69 Å². The summed E-state index contributed by atoms with van der Waals surface area (Å²) in [6.07, 6.45) is 14.0. The van der Waals surface area contributed by atoms with Crippen LogP contribution in [0.3, 0.4) is 0 Å². The predicted molar refractivity (Wildman–Crippen MR) is 154 cm³/mol. The second-order valence-corrected chi connectivity index (χ2v) is 11.9. The van der Waals surface area contributed by atoms with E-state index in [0.29, 0.717) is 18.0 Å². The Bertz CT molecular complexity index is 749. The molecule has 2 aliphatic carbocycles. The van der Waals surface area contributed by atoms with Crippen LogP contribution in [0.2, 0.25) is 0 Å². The third-order valence-electron chi connectivity index (χ3n) is 8.83. The molecule has 3 fully saturated rings. The highest BCUT2D eigenvalue weighted by Gasteiger charge is 2.27. The lowest BCUT2D eigenvalue weighted by molar-refractivity contribution is -0.125. The van der Waals surface area contributed by atoms with E-state index in [1.165, 1.54) is 44.9 Å². The van der Waals surface area contributed by atoms with Gasteiger partial charge in [-0.15, -0.1) is 0 Å². The van der Waals surface area contributed by atoms with Gasteiger partial charge in [-0.05, 0) is 70.4 Å². The van der Waals surface area contributed by atoms with Crippen molar-refractivity contribution < 1.29 is 9.53 Å². The van der Waals surface area contributed by atoms with Crippen molar-refractivity contribution in [3.8, 4) is 0 Å². The Balaban J connectivity index is 1.35. The van der Waals surface area contributed by atoms with Crippen LogP contribution in [0.5, 0.6) is 0 Å². The molecule has 0 spiro atoms. The summed E-state index contributed by atoms with van der Waals surface area (Å²) < 4.78 is 5.50. The Hall–Kier alpha value is -1.73. The van der Waals surface area contributed by atoms with E-state index >= 15 is 0 Å². The maximum absolute atomic E-state index is 12.7. The van der Waals surface area contributed by atoms with Crippen LogP contribution in [0.1, 0.15) is 97.8 Å². The van der Waals surface area contributed by atoms with Crippen LogP contribution < -0.4 is 10.6 Å². The molecule has 0 aromatic rings. The van der Waals surface area contributed by atoms with E-state index in [1.54, 1.807) is 0 Å². The maximum atomic E-state index is 12.7. The molecule has 2 N–H and O–H groups in total. The molecule has 7 nitrogen and oxygen atoms in total. The molecule has 0 bridgehead atoms. The van der Waals surface area contributed by atoms with Gasteiger partial charge in [0.1, 0.15) is 0 Å². The molecule has 0 radical (unpaired) electrons. The number of hydrogen-bond acceptors (Lipinski definition) is 4. The summed E-state index contributed by atoms with van der Waals surface area (Å²) in [4.78, 5) is 24.3. The van der Waals surface area contributed by atoms with Crippen LogP contribution in [0.15, 0.2) is 22.3 Å². The number of amides is 1. The zero-order valence-electron chi connectivity index (χ0n) is 23.9. The minimum absolute atomic E-state index is 0.0981. The van der Waals surface area contributed by atoms with E-state index in [4.69, 9.17) is 9.73 Å². The van der Waals surface area contributed by atoms with Gasteiger partial charge in [-0.2, -0.15) is 0 Å². The lowest BCUT2D eigenvalue weighted by Crippen LogP contribution is -2.45.